The number of nitrogens with zero attached hydrogens (tertiary/aromatic N) is 2. The average Bonchev–Trinajstić information content (AvgIpc) is 3.32. The summed E-state index contributed by atoms with van der Waals surface area (Å²) >= 11 is 0. The molecule has 0 atom stereocenters. The Morgan fingerprint density at radius 3 is 2.38 bits per heavy atom. The van der Waals surface area contributed by atoms with Gasteiger partial charge in [0.15, 0.2) is 0 Å². The smallest absolute Gasteiger partial charge is 0.136 e. The van der Waals surface area contributed by atoms with Gasteiger partial charge in [0.05, 0.1) is 0 Å². The summed E-state index contributed by atoms with van der Waals surface area (Å²) in [6, 6.07) is 0. The average molecular weight is 288 g/mol. The molecule has 1 aromatic heterocycles. The van der Waals surface area contributed by atoms with Crippen LogP contribution in [0.5, 0.6) is 0 Å². The van der Waals surface area contributed by atoms with Crippen molar-refractivity contribution in [3.63, 3.8) is 0 Å². The van der Waals surface area contributed by atoms with Crippen molar-refractivity contribution < 1.29 is 0 Å². The van der Waals surface area contributed by atoms with Crippen molar-refractivity contribution >= 4 is 11.6 Å². The van der Waals surface area contributed by atoms with E-state index in [9.17, 15) is 0 Å². The topological polar surface area (TPSA) is 49.8 Å². The maximum Gasteiger partial charge on any atom is 0.136 e. The summed E-state index contributed by atoms with van der Waals surface area (Å²) in [6.45, 7) is 5.54. The number of rotatable bonds is 5. The Balaban J connectivity index is 1.75. The molecule has 0 radical (unpaired) electrons. The molecule has 21 heavy (non-hydrogen) atoms. The second kappa shape index (κ2) is 5.82. The van der Waals surface area contributed by atoms with E-state index < -0.39 is 0 Å². The van der Waals surface area contributed by atoms with Crippen LogP contribution in [-0.4, -0.2) is 23.6 Å². The van der Waals surface area contributed by atoms with Gasteiger partial charge in [0, 0.05) is 25.1 Å². The Hall–Kier alpha value is -1.32. The van der Waals surface area contributed by atoms with E-state index in [0.717, 1.165) is 29.6 Å². The molecule has 0 unspecified atom stereocenters. The molecule has 4 nitrogen and oxygen atoms in total. The van der Waals surface area contributed by atoms with Crippen LogP contribution in [0.25, 0.3) is 0 Å². The van der Waals surface area contributed by atoms with Crippen LogP contribution >= 0.6 is 0 Å². The van der Waals surface area contributed by atoms with Gasteiger partial charge in [0.2, 0.25) is 0 Å². The minimum Gasteiger partial charge on any atom is -0.373 e. The quantitative estimate of drug-likeness (QED) is 0.857. The second-order valence-corrected chi connectivity index (χ2v) is 7.15. The lowest BCUT2D eigenvalue weighted by Crippen LogP contribution is -2.29. The number of aromatic nitrogens is 2. The van der Waals surface area contributed by atoms with Gasteiger partial charge in [-0.15, -0.1) is 0 Å². The van der Waals surface area contributed by atoms with Crippen molar-refractivity contribution in [3.8, 4) is 0 Å². The minimum absolute atomic E-state index is 0.426. The molecule has 0 amide bonds. The van der Waals surface area contributed by atoms with Crippen LogP contribution in [0.15, 0.2) is 0 Å². The molecule has 2 aliphatic rings. The van der Waals surface area contributed by atoms with Gasteiger partial charge in [-0.1, -0.05) is 26.2 Å². The number of anilines is 2. The molecule has 0 aromatic carbocycles. The monoisotopic (exact) mass is 288 g/mol. The van der Waals surface area contributed by atoms with Crippen LogP contribution in [0.2, 0.25) is 0 Å². The highest BCUT2D eigenvalue weighted by Gasteiger charge is 2.29. The highest BCUT2D eigenvalue weighted by Crippen LogP contribution is 2.40. The fourth-order valence-corrected chi connectivity index (χ4v) is 3.35. The molecule has 2 fully saturated rings. The predicted molar refractivity (Wildman–Crippen MR) is 88.0 cm³/mol. The van der Waals surface area contributed by atoms with Crippen molar-refractivity contribution in [2.24, 2.45) is 5.41 Å². The normalized spacial score (nSPS) is 21.1. The van der Waals surface area contributed by atoms with Gasteiger partial charge in [-0.3, -0.25) is 0 Å². The summed E-state index contributed by atoms with van der Waals surface area (Å²) < 4.78 is 0. The van der Waals surface area contributed by atoms with Crippen LogP contribution in [0, 0.1) is 12.3 Å². The fraction of sp³-hybridized carbons (Fsp3) is 0.765. The zero-order chi connectivity index (χ0) is 14.9. The van der Waals surface area contributed by atoms with Gasteiger partial charge in [0.1, 0.15) is 17.5 Å². The lowest BCUT2D eigenvalue weighted by Gasteiger charge is -2.34. The van der Waals surface area contributed by atoms with Gasteiger partial charge in [-0.25, -0.2) is 9.97 Å². The Morgan fingerprint density at radius 2 is 1.76 bits per heavy atom. The third-order valence-electron chi connectivity index (χ3n) is 5.09. The molecule has 1 aromatic rings. The molecule has 3 rings (SSSR count). The summed E-state index contributed by atoms with van der Waals surface area (Å²) in [4.78, 5) is 9.46. The van der Waals surface area contributed by atoms with Gasteiger partial charge < -0.3 is 10.6 Å². The highest BCUT2D eigenvalue weighted by atomic mass is 15.1. The van der Waals surface area contributed by atoms with E-state index in [-0.39, 0.29) is 0 Å². The maximum atomic E-state index is 4.80. The highest BCUT2D eigenvalue weighted by molar-refractivity contribution is 5.57. The van der Waals surface area contributed by atoms with E-state index in [0.29, 0.717) is 11.3 Å². The zero-order valence-electron chi connectivity index (χ0n) is 13.6. The predicted octanol–water partition coefficient (Wildman–Crippen LogP) is 4.09. The third-order valence-corrected chi connectivity index (χ3v) is 5.09. The van der Waals surface area contributed by atoms with Crippen molar-refractivity contribution in [1.29, 1.82) is 0 Å². The second-order valence-electron chi connectivity index (χ2n) is 7.15. The van der Waals surface area contributed by atoms with Crippen LogP contribution in [0.4, 0.5) is 11.6 Å². The lowest BCUT2D eigenvalue weighted by molar-refractivity contribution is 0.233. The molecule has 2 aliphatic carbocycles. The molecule has 0 saturated heterocycles. The van der Waals surface area contributed by atoms with Crippen LogP contribution in [0.3, 0.4) is 0 Å². The zero-order valence-corrected chi connectivity index (χ0v) is 13.6. The molecule has 0 spiro atoms. The molecule has 1 heterocycles. The van der Waals surface area contributed by atoms with Gasteiger partial charge >= 0.3 is 0 Å². The van der Waals surface area contributed by atoms with E-state index in [1.807, 2.05) is 7.05 Å². The van der Waals surface area contributed by atoms with E-state index in [2.05, 4.69) is 29.5 Å². The van der Waals surface area contributed by atoms with Gasteiger partial charge in [0.25, 0.3) is 0 Å². The summed E-state index contributed by atoms with van der Waals surface area (Å²) in [5.41, 5.74) is 1.57. The molecule has 4 heteroatoms. The molecule has 116 valence electrons. The molecule has 0 bridgehead atoms. The van der Waals surface area contributed by atoms with Crippen LogP contribution in [0.1, 0.15) is 69.2 Å². The number of nitrogens with one attached hydrogen (secondary N) is 2. The van der Waals surface area contributed by atoms with E-state index in [4.69, 9.17) is 4.98 Å². The summed E-state index contributed by atoms with van der Waals surface area (Å²) in [6.07, 6.45) is 9.29. The number of hydrogen-bond acceptors (Lipinski definition) is 4. The van der Waals surface area contributed by atoms with Gasteiger partial charge in [-0.05, 0) is 38.0 Å². The summed E-state index contributed by atoms with van der Waals surface area (Å²) in [7, 11) is 1.94. The molecule has 2 N–H and O–H groups in total. The molecular weight excluding hydrogens is 260 g/mol. The standard InChI is InChI=1S/C17H28N4/c1-12-14(18-3)20-16(13-7-8-13)21-15(12)19-11-17(2)9-5-4-6-10-17/h13H,4-11H2,1-3H3,(H2,18,19,20,21). The first kappa shape index (κ1) is 14.6. The Kier molecular flexibility index (Phi) is 4.05. The van der Waals surface area contributed by atoms with Crippen molar-refractivity contribution in [2.45, 2.75) is 64.7 Å². The van der Waals surface area contributed by atoms with Crippen molar-refractivity contribution in [2.75, 3.05) is 24.2 Å². The first-order valence-electron chi connectivity index (χ1n) is 8.41. The Labute approximate surface area is 128 Å². The fourth-order valence-electron chi connectivity index (χ4n) is 3.35. The van der Waals surface area contributed by atoms with Crippen molar-refractivity contribution in [3.05, 3.63) is 11.4 Å². The van der Waals surface area contributed by atoms with E-state index >= 15 is 0 Å². The lowest BCUT2D eigenvalue weighted by atomic mass is 9.76. The Bertz CT molecular complexity index is 502. The third kappa shape index (κ3) is 3.30. The van der Waals surface area contributed by atoms with Gasteiger partial charge in [-0.2, -0.15) is 0 Å². The summed E-state index contributed by atoms with van der Waals surface area (Å²) in [5, 5.41) is 6.84. The maximum absolute atomic E-state index is 4.80. The first-order valence-corrected chi connectivity index (χ1v) is 8.41. The summed E-state index contributed by atoms with van der Waals surface area (Å²) in [5.74, 6) is 3.61. The first-order chi connectivity index (χ1) is 10.1. The van der Waals surface area contributed by atoms with Crippen LogP contribution < -0.4 is 10.6 Å². The molecule has 0 aliphatic heterocycles. The minimum atomic E-state index is 0.426. The molecule has 2 saturated carbocycles. The Morgan fingerprint density at radius 1 is 1.10 bits per heavy atom. The van der Waals surface area contributed by atoms with Crippen LogP contribution in [-0.2, 0) is 0 Å². The number of hydrogen-bond donors (Lipinski definition) is 2. The van der Waals surface area contributed by atoms with E-state index in [1.54, 1.807) is 0 Å². The SMILES string of the molecule is CNc1nc(C2CC2)nc(NCC2(C)CCCCC2)c1C. The largest absolute Gasteiger partial charge is 0.373 e. The molecular formula is C17H28N4. The van der Waals surface area contributed by atoms with E-state index in [1.165, 1.54) is 44.9 Å². The van der Waals surface area contributed by atoms with Crippen molar-refractivity contribution in [1.82, 2.24) is 9.97 Å².